The molecule has 5 heteroatoms. The highest BCUT2D eigenvalue weighted by Crippen LogP contribution is 2.22. The van der Waals surface area contributed by atoms with Gasteiger partial charge in [0.2, 0.25) is 5.91 Å². The number of likely N-dealkylation sites (N-methyl/N-ethyl adjacent to an activating group) is 1. The fourth-order valence-corrected chi connectivity index (χ4v) is 2.98. The highest BCUT2D eigenvalue weighted by atomic mass is 32.1. The van der Waals surface area contributed by atoms with E-state index in [1.54, 1.807) is 11.3 Å². The van der Waals surface area contributed by atoms with Crippen molar-refractivity contribution in [2.75, 3.05) is 33.7 Å². The van der Waals surface area contributed by atoms with E-state index in [1.807, 2.05) is 14.1 Å². The Morgan fingerprint density at radius 1 is 1.61 bits per heavy atom. The van der Waals surface area contributed by atoms with Crippen LogP contribution >= 0.6 is 11.3 Å². The quantitative estimate of drug-likeness (QED) is 0.810. The lowest BCUT2D eigenvalue weighted by Crippen LogP contribution is -2.45. The van der Waals surface area contributed by atoms with Gasteiger partial charge >= 0.3 is 0 Å². The van der Waals surface area contributed by atoms with Gasteiger partial charge in [-0.05, 0) is 44.5 Å². The molecule has 2 heterocycles. The third kappa shape index (κ3) is 3.54. The highest BCUT2D eigenvalue weighted by molar-refractivity contribution is 7.10. The Kier molecular flexibility index (Phi) is 4.74. The van der Waals surface area contributed by atoms with Crippen LogP contribution in [0.5, 0.6) is 0 Å². The van der Waals surface area contributed by atoms with E-state index in [2.05, 4.69) is 33.0 Å². The molecule has 0 aromatic carbocycles. The Bertz CT molecular complexity index is 374. The summed E-state index contributed by atoms with van der Waals surface area (Å²) in [6.45, 7) is 2.65. The van der Waals surface area contributed by atoms with Crippen LogP contribution in [-0.4, -0.2) is 44.5 Å². The van der Waals surface area contributed by atoms with Gasteiger partial charge in [-0.2, -0.15) is 0 Å². The van der Waals surface area contributed by atoms with Crippen molar-refractivity contribution in [3.05, 3.63) is 22.4 Å². The number of carbonyl (C=O) groups is 1. The van der Waals surface area contributed by atoms with Gasteiger partial charge in [0.1, 0.15) is 0 Å². The maximum absolute atomic E-state index is 11.8. The van der Waals surface area contributed by atoms with Crippen molar-refractivity contribution in [1.29, 1.82) is 0 Å². The number of thiophene rings is 1. The van der Waals surface area contributed by atoms with Crippen LogP contribution in [0.25, 0.3) is 0 Å². The second-order valence-electron chi connectivity index (χ2n) is 5.03. The summed E-state index contributed by atoms with van der Waals surface area (Å²) in [5.74, 6) is 0.703. The van der Waals surface area contributed by atoms with Crippen molar-refractivity contribution in [1.82, 2.24) is 15.5 Å². The second-order valence-corrected chi connectivity index (χ2v) is 6.01. The topological polar surface area (TPSA) is 44.4 Å². The molecule has 0 spiro atoms. The van der Waals surface area contributed by atoms with E-state index in [0.29, 0.717) is 18.9 Å². The number of amides is 1. The van der Waals surface area contributed by atoms with Gasteiger partial charge < -0.3 is 15.5 Å². The Labute approximate surface area is 112 Å². The van der Waals surface area contributed by atoms with E-state index in [1.165, 1.54) is 4.88 Å². The molecule has 0 bridgehead atoms. The van der Waals surface area contributed by atoms with Crippen LogP contribution in [0.2, 0.25) is 0 Å². The van der Waals surface area contributed by atoms with Gasteiger partial charge in [-0.3, -0.25) is 4.79 Å². The summed E-state index contributed by atoms with van der Waals surface area (Å²) in [5.41, 5.74) is 0. The van der Waals surface area contributed by atoms with Crippen LogP contribution < -0.4 is 10.6 Å². The molecule has 1 amide bonds. The Morgan fingerprint density at radius 3 is 2.89 bits per heavy atom. The summed E-state index contributed by atoms with van der Waals surface area (Å²) < 4.78 is 0. The van der Waals surface area contributed by atoms with Crippen molar-refractivity contribution < 1.29 is 4.79 Å². The first-order valence-corrected chi connectivity index (χ1v) is 7.22. The average molecular weight is 267 g/mol. The molecular formula is C13H21N3OS. The first-order valence-electron chi connectivity index (χ1n) is 6.34. The predicted octanol–water partition coefficient (Wildman–Crippen LogP) is 1.08. The monoisotopic (exact) mass is 267 g/mol. The molecule has 18 heavy (non-hydrogen) atoms. The summed E-state index contributed by atoms with van der Waals surface area (Å²) in [4.78, 5) is 15.2. The molecule has 1 unspecified atom stereocenters. The SMILES string of the molecule is CN(C)C(CNC(=O)CC1CNC1)c1cccs1. The number of rotatable bonds is 6. The Morgan fingerprint density at radius 2 is 2.39 bits per heavy atom. The molecule has 0 radical (unpaired) electrons. The first kappa shape index (κ1) is 13.5. The fraction of sp³-hybridized carbons (Fsp3) is 0.615. The zero-order chi connectivity index (χ0) is 13.0. The molecule has 1 fully saturated rings. The number of hydrogen-bond acceptors (Lipinski definition) is 4. The summed E-state index contributed by atoms with van der Waals surface area (Å²) in [6, 6.07) is 4.45. The van der Waals surface area contributed by atoms with Crippen molar-refractivity contribution >= 4 is 17.2 Å². The highest BCUT2D eigenvalue weighted by Gasteiger charge is 2.21. The Hall–Kier alpha value is -0.910. The van der Waals surface area contributed by atoms with Crippen LogP contribution in [-0.2, 0) is 4.79 Å². The maximum Gasteiger partial charge on any atom is 0.220 e. The maximum atomic E-state index is 11.8. The van der Waals surface area contributed by atoms with Crippen molar-refractivity contribution in [3.8, 4) is 0 Å². The molecule has 2 rings (SSSR count). The minimum absolute atomic E-state index is 0.171. The van der Waals surface area contributed by atoms with Gasteiger partial charge in [0.05, 0.1) is 6.04 Å². The van der Waals surface area contributed by atoms with Crippen molar-refractivity contribution in [3.63, 3.8) is 0 Å². The molecule has 1 aliphatic rings. The molecule has 4 nitrogen and oxygen atoms in total. The number of carbonyl (C=O) groups excluding carboxylic acids is 1. The molecule has 0 saturated carbocycles. The van der Waals surface area contributed by atoms with Crippen LogP contribution in [0.1, 0.15) is 17.3 Å². The summed E-state index contributed by atoms with van der Waals surface area (Å²) in [7, 11) is 4.10. The first-order chi connectivity index (χ1) is 8.66. The smallest absolute Gasteiger partial charge is 0.220 e. The predicted molar refractivity (Wildman–Crippen MR) is 74.7 cm³/mol. The van der Waals surface area contributed by atoms with Gasteiger partial charge in [0.25, 0.3) is 0 Å². The molecule has 0 aliphatic carbocycles. The van der Waals surface area contributed by atoms with E-state index in [4.69, 9.17) is 0 Å². The van der Waals surface area contributed by atoms with Gasteiger partial charge in [-0.1, -0.05) is 6.07 Å². The molecule has 1 aromatic rings. The zero-order valence-corrected chi connectivity index (χ0v) is 11.8. The number of hydrogen-bond donors (Lipinski definition) is 2. The van der Waals surface area contributed by atoms with Crippen LogP contribution in [0.3, 0.4) is 0 Å². The summed E-state index contributed by atoms with van der Waals surface area (Å²) in [5, 5.41) is 8.31. The third-order valence-electron chi connectivity index (χ3n) is 3.33. The summed E-state index contributed by atoms with van der Waals surface area (Å²) in [6.07, 6.45) is 0.650. The lowest BCUT2D eigenvalue weighted by atomic mass is 9.99. The minimum Gasteiger partial charge on any atom is -0.354 e. The second kappa shape index (κ2) is 6.31. The van der Waals surface area contributed by atoms with E-state index < -0.39 is 0 Å². The number of nitrogens with zero attached hydrogens (tertiary/aromatic N) is 1. The van der Waals surface area contributed by atoms with E-state index in [0.717, 1.165) is 13.1 Å². The molecular weight excluding hydrogens is 246 g/mol. The lowest BCUT2D eigenvalue weighted by molar-refractivity contribution is -0.122. The van der Waals surface area contributed by atoms with Gasteiger partial charge in [-0.25, -0.2) is 0 Å². The number of nitrogens with one attached hydrogen (secondary N) is 2. The van der Waals surface area contributed by atoms with Crippen LogP contribution in [0.4, 0.5) is 0 Å². The molecule has 1 atom stereocenters. The van der Waals surface area contributed by atoms with Crippen molar-refractivity contribution in [2.45, 2.75) is 12.5 Å². The molecule has 1 aliphatic heterocycles. The lowest BCUT2D eigenvalue weighted by Gasteiger charge is -2.27. The standard InChI is InChI=1S/C13H21N3OS/c1-16(2)11(12-4-3-5-18-12)9-15-13(17)6-10-7-14-8-10/h3-5,10-11,14H,6-9H2,1-2H3,(H,15,17). The van der Waals surface area contributed by atoms with Crippen molar-refractivity contribution in [2.24, 2.45) is 5.92 Å². The van der Waals surface area contributed by atoms with Gasteiger partial charge in [0.15, 0.2) is 0 Å². The van der Waals surface area contributed by atoms with Crippen LogP contribution in [0.15, 0.2) is 17.5 Å². The minimum atomic E-state index is 0.171. The summed E-state index contributed by atoms with van der Waals surface area (Å²) >= 11 is 1.74. The van der Waals surface area contributed by atoms with E-state index in [9.17, 15) is 4.79 Å². The van der Waals surface area contributed by atoms with E-state index >= 15 is 0 Å². The molecule has 1 aromatic heterocycles. The Balaban J connectivity index is 1.80. The average Bonchev–Trinajstić information content (AvgIpc) is 2.77. The van der Waals surface area contributed by atoms with Gasteiger partial charge in [-0.15, -0.1) is 11.3 Å². The fourth-order valence-electron chi connectivity index (χ4n) is 2.06. The van der Waals surface area contributed by atoms with Gasteiger partial charge in [0, 0.05) is 17.8 Å². The molecule has 2 N–H and O–H groups in total. The largest absolute Gasteiger partial charge is 0.354 e. The molecule has 1 saturated heterocycles. The third-order valence-corrected chi connectivity index (χ3v) is 4.30. The van der Waals surface area contributed by atoms with E-state index in [-0.39, 0.29) is 11.9 Å². The van der Waals surface area contributed by atoms with Crippen LogP contribution in [0, 0.1) is 5.92 Å². The zero-order valence-electron chi connectivity index (χ0n) is 11.0. The normalized spacial score (nSPS) is 17.5. The molecule has 100 valence electrons.